The first-order chi connectivity index (χ1) is 12.9. The van der Waals surface area contributed by atoms with Crippen molar-refractivity contribution in [2.45, 2.75) is 24.8 Å². The Labute approximate surface area is 161 Å². The fourth-order valence-electron chi connectivity index (χ4n) is 3.48. The molecule has 1 heterocycles. The minimum absolute atomic E-state index is 0.0674. The molecule has 0 aromatic heterocycles. The Balaban J connectivity index is 1.47. The molecule has 7 heteroatoms. The van der Waals surface area contributed by atoms with E-state index in [0.717, 1.165) is 12.0 Å². The van der Waals surface area contributed by atoms with Gasteiger partial charge in [0.15, 0.2) is 0 Å². The predicted octanol–water partition coefficient (Wildman–Crippen LogP) is 3.14. The Kier molecular flexibility index (Phi) is 4.15. The molecule has 1 saturated carbocycles. The van der Waals surface area contributed by atoms with Gasteiger partial charge in [-0.25, -0.2) is 4.79 Å². The second kappa shape index (κ2) is 6.39. The molecule has 3 N–H and O–H groups in total. The minimum Gasteiger partial charge on any atom is -0.326 e. The van der Waals surface area contributed by atoms with Crippen LogP contribution in [-0.2, 0) is 15.1 Å². The molecule has 3 atom stereocenters. The van der Waals surface area contributed by atoms with Crippen LogP contribution in [0.3, 0.4) is 0 Å². The van der Waals surface area contributed by atoms with Gasteiger partial charge in [0.25, 0.3) is 5.91 Å². The maximum Gasteiger partial charge on any atom is 0.322 e. The molecule has 0 radical (unpaired) electrons. The molecule has 2 aromatic rings. The van der Waals surface area contributed by atoms with Crippen LogP contribution in [0.1, 0.15) is 30.4 Å². The summed E-state index contributed by atoms with van der Waals surface area (Å²) in [7, 11) is 0. The molecule has 27 heavy (non-hydrogen) atoms. The number of amides is 4. The predicted molar refractivity (Wildman–Crippen MR) is 101 cm³/mol. The quantitative estimate of drug-likeness (QED) is 0.709. The van der Waals surface area contributed by atoms with Gasteiger partial charge >= 0.3 is 6.03 Å². The number of rotatable bonds is 4. The molecule has 2 fully saturated rings. The zero-order valence-corrected chi connectivity index (χ0v) is 15.3. The van der Waals surface area contributed by atoms with Crippen molar-refractivity contribution in [3.63, 3.8) is 0 Å². The molecule has 1 aliphatic carbocycles. The van der Waals surface area contributed by atoms with Gasteiger partial charge in [0.1, 0.15) is 5.54 Å². The summed E-state index contributed by atoms with van der Waals surface area (Å²) in [6.07, 6.45) is 0.780. The van der Waals surface area contributed by atoms with Crippen LogP contribution in [0.4, 0.5) is 10.5 Å². The first-order valence-electron chi connectivity index (χ1n) is 8.67. The monoisotopic (exact) mass is 383 g/mol. The zero-order valence-electron chi connectivity index (χ0n) is 14.6. The second-order valence-corrected chi connectivity index (χ2v) is 7.54. The van der Waals surface area contributed by atoms with Gasteiger partial charge < -0.3 is 10.6 Å². The van der Waals surface area contributed by atoms with Gasteiger partial charge in [-0.15, -0.1) is 0 Å². The van der Waals surface area contributed by atoms with Gasteiger partial charge in [-0.05, 0) is 54.7 Å². The normalized spacial score (nSPS) is 26.3. The number of urea groups is 1. The molecular formula is C20H18ClN3O3. The Bertz CT molecular complexity index is 961. The number of carbonyl (C=O) groups excluding carboxylic acids is 3. The largest absolute Gasteiger partial charge is 0.326 e. The summed E-state index contributed by atoms with van der Waals surface area (Å²) in [5, 5.41) is 8.43. The number of halogens is 1. The third-order valence-electron chi connectivity index (χ3n) is 5.16. The summed E-state index contributed by atoms with van der Waals surface area (Å²) in [4.78, 5) is 36.1. The Hall–Kier alpha value is -2.86. The third-order valence-corrected chi connectivity index (χ3v) is 5.39. The molecule has 4 amide bonds. The number of nitrogens with one attached hydrogen (secondary N) is 3. The number of carbonyl (C=O) groups is 3. The lowest BCUT2D eigenvalue weighted by Gasteiger charge is -2.21. The molecule has 2 aromatic carbocycles. The van der Waals surface area contributed by atoms with Crippen molar-refractivity contribution in [1.29, 1.82) is 0 Å². The van der Waals surface area contributed by atoms with Crippen molar-refractivity contribution in [2.75, 3.05) is 5.32 Å². The number of hydrogen-bond donors (Lipinski definition) is 3. The molecule has 2 aliphatic rings. The Morgan fingerprint density at radius 2 is 1.96 bits per heavy atom. The molecule has 0 bridgehead atoms. The molecule has 4 rings (SSSR count). The first-order valence-corrected chi connectivity index (χ1v) is 9.05. The highest BCUT2D eigenvalue weighted by Crippen LogP contribution is 2.48. The lowest BCUT2D eigenvalue weighted by molar-refractivity contribution is -0.123. The van der Waals surface area contributed by atoms with Crippen LogP contribution in [-0.4, -0.2) is 17.8 Å². The highest BCUT2D eigenvalue weighted by atomic mass is 35.5. The van der Waals surface area contributed by atoms with Crippen molar-refractivity contribution in [3.8, 4) is 0 Å². The van der Waals surface area contributed by atoms with Gasteiger partial charge in [0, 0.05) is 16.6 Å². The fourth-order valence-corrected chi connectivity index (χ4v) is 3.68. The van der Waals surface area contributed by atoms with Gasteiger partial charge in [0.2, 0.25) is 5.91 Å². The highest BCUT2D eigenvalue weighted by Gasteiger charge is 2.45. The van der Waals surface area contributed by atoms with Crippen molar-refractivity contribution < 1.29 is 14.4 Å². The third kappa shape index (κ3) is 3.28. The molecule has 3 unspecified atom stereocenters. The summed E-state index contributed by atoms with van der Waals surface area (Å²) < 4.78 is 0. The number of imide groups is 1. The topological polar surface area (TPSA) is 87.3 Å². The van der Waals surface area contributed by atoms with Gasteiger partial charge in [-0.2, -0.15) is 0 Å². The Morgan fingerprint density at radius 3 is 2.67 bits per heavy atom. The molecule has 138 valence electrons. The number of anilines is 1. The maximum absolute atomic E-state index is 12.6. The maximum atomic E-state index is 12.6. The van der Waals surface area contributed by atoms with E-state index in [0.29, 0.717) is 16.3 Å². The second-order valence-electron chi connectivity index (χ2n) is 7.11. The summed E-state index contributed by atoms with van der Waals surface area (Å²) in [6, 6.07) is 14.0. The molecule has 6 nitrogen and oxygen atoms in total. The average molecular weight is 384 g/mol. The van der Waals surface area contributed by atoms with Crippen molar-refractivity contribution in [1.82, 2.24) is 10.6 Å². The van der Waals surface area contributed by atoms with Crippen molar-refractivity contribution in [2.24, 2.45) is 5.92 Å². The highest BCUT2D eigenvalue weighted by molar-refractivity contribution is 6.30. The van der Waals surface area contributed by atoms with Crippen molar-refractivity contribution >= 4 is 35.1 Å². The van der Waals surface area contributed by atoms with Crippen LogP contribution in [0.25, 0.3) is 0 Å². The molecule has 1 aliphatic heterocycles. The minimum atomic E-state index is -1.15. The molecule has 1 saturated heterocycles. The van der Waals surface area contributed by atoms with Crippen LogP contribution in [0, 0.1) is 5.92 Å². The first kappa shape index (κ1) is 17.5. The van der Waals surface area contributed by atoms with E-state index in [1.807, 2.05) is 24.3 Å². The smallest absolute Gasteiger partial charge is 0.322 e. The summed E-state index contributed by atoms with van der Waals surface area (Å²) in [5.41, 5.74) is 1.10. The van der Waals surface area contributed by atoms with E-state index < -0.39 is 17.5 Å². The van der Waals surface area contributed by atoms with Gasteiger partial charge in [-0.3, -0.25) is 14.9 Å². The fraction of sp³-hybridized carbons (Fsp3) is 0.250. The van der Waals surface area contributed by atoms with E-state index in [1.54, 1.807) is 31.2 Å². The SMILES string of the molecule is CC1(c2cccc(NC(=O)C3CC3c3cccc(Cl)c3)c2)NC(=O)NC1=O. The summed E-state index contributed by atoms with van der Waals surface area (Å²) in [6.45, 7) is 1.63. The summed E-state index contributed by atoms with van der Waals surface area (Å²) >= 11 is 6.03. The van der Waals surface area contributed by atoms with E-state index in [-0.39, 0.29) is 17.7 Å². The van der Waals surface area contributed by atoms with Crippen LogP contribution in [0.2, 0.25) is 5.02 Å². The average Bonchev–Trinajstić information content (AvgIpc) is 3.37. The van der Waals surface area contributed by atoms with Gasteiger partial charge in [0.05, 0.1) is 0 Å². The van der Waals surface area contributed by atoms with E-state index in [4.69, 9.17) is 11.6 Å². The number of hydrogen-bond acceptors (Lipinski definition) is 3. The van der Waals surface area contributed by atoms with E-state index in [2.05, 4.69) is 16.0 Å². The van der Waals surface area contributed by atoms with E-state index >= 15 is 0 Å². The van der Waals surface area contributed by atoms with Crippen LogP contribution >= 0.6 is 11.6 Å². The van der Waals surface area contributed by atoms with Gasteiger partial charge in [-0.1, -0.05) is 35.9 Å². The lowest BCUT2D eigenvalue weighted by atomic mass is 9.92. The van der Waals surface area contributed by atoms with E-state index in [1.165, 1.54) is 0 Å². The van der Waals surface area contributed by atoms with E-state index in [9.17, 15) is 14.4 Å². The zero-order chi connectivity index (χ0) is 19.2. The van der Waals surface area contributed by atoms with Crippen LogP contribution < -0.4 is 16.0 Å². The molecular weight excluding hydrogens is 366 g/mol. The standard InChI is InChI=1S/C20H18ClN3O3/c1-20(18(26)23-19(27)24-20)12-5-3-7-14(9-12)22-17(25)16-10-15(16)11-4-2-6-13(21)8-11/h2-9,15-16H,10H2,1H3,(H,22,25)(H2,23,24,26,27). The molecule has 0 spiro atoms. The lowest BCUT2D eigenvalue weighted by Crippen LogP contribution is -2.40. The van der Waals surface area contributed by atoms with Crippen LogP contribution in [0.15, 0.2) is 48.5 Å². The summed E-state index contributed by atoms with van der Waals surface area (Å²) in [5.74, 6) is -0.414. The Morgan fingerprint density at radius 1 is 1.19 bits per heavy atom. The van der Waals surface area contributed by atoms with Crippen LogP contribution in [0.5, 0.6) is 0 Å². The number of benzene rings is 2. The van der Waals surface area contributed by atoms with Crippen molar-refractivity contribution in [3.05, 3.63) is 64.7 Å².